The van der Waals surface area contributed by atoms with Crippen LogP contribution in [0.4, 0.5) is 4.39 Å². The molecule has 0 saturated heterocycles. The average molecular weight is 417 g/mol. The van der Waals surface area contributed by atoms with Gasteiger partial charge in [0.05, 0.1) is 18.9 Å². The number of carbonyl (C=O) groups is 1. The molecule has 0 spiro atoms. The van der Waals surface area contributed by atoms with Gasteiger partial charge in [-0.3, -0.25) is 4.79 Å². The lowest BCUT2D eigenvalue weighted by atomic mass is 10.2. The Labute approximate surface area is 178 Å². The molecule has 0 radical (unpaired) electrons. The van der Waals surface area contributed by atoms with Gasteiger partial charge in [-0.2, -0.15) is 5.10 Å². The zero-order valence-electron chi connectivity index (χ0n) is 16.7. The van der Waals surface area contributed by atoms with Crippen molar-refractivity contribution in [1.29, 1.82) is 0 Å². The molecular weight excluding hydrogens is 397 g/mol. The maximum Gasteiger partial charge on any atom is 0.275 e. The third kappa shape index (κ3) is 4.40. The van der Waals surface area contributed by atoms with Crippen LogP contribution in [0.3, 0.4) is 0 Å². The van der Waals surface area contributed by atoms with E-state index in [4.69, 9.17) is 4.74 Å². The smallest absolute Gasteiger partial charge is 0.275 e. The maximum atomic E-state index is 13.2. The SMILES string of the molecule is COc1ccc(C(=O)N/N=C\c2cn(Cc3ccc(F)cc3)c3ccccc23)c(O)c1. The normalized spacial score (nSPS) is 11.2. The number of amides is 1. The molecule has 0 aliphatic carbocycles. The molecule has 31 heavy (non-hydrogen) atoms. The van der Waals surface area contributed by atoms with Crippen molar-refractivity contribution in [2.75, 3.05) is 7.11 Å². The Morgan fingerprint density at radius 2 is 1.94 bits per heavy atom. The number of aromatic nitrogens is 1. The molecule has 156 valence electrons. The molecule has 1 heterocycles. The number of methoxy groups -OCH3 is 1. The van der Waals surface area contributed by atoms with Crippen molar-refractivity contribution in [1.82, 2.24) is 9.99 Å². The number of nitrogens with zero attached hydrogens (tertiary/aromatic N) is 2. The molecule has 3 aromatic carbocycles. The number of para-hydroxylation sites is 1. The quantitative estimate of drug-likeness (QED) is 0.363. The summed E-state index contributed by atoms with van der Waals surface area (Å²) >= 11 is 0. The average Bonchev–Trinajstić information content (AvgIpc) is 3.12. The monoisotopic (exact) mass is 417 g/mol. The standard InChI is InChI=1S/C24H20FN3O3/c1-31-19-10-11-21(23(29)12-19)24(30)27-26-13-17-15-28(22-5-3-2-4-20(17)22)14-16-6-8-18(25)9-7-16/h2-13,15,29H,14H2,1H3,(H,27,30)/b26-13-. The minimum atomic E-state index is -0.536. The summed E-state index contributed by atoms with van der Waals surface area (Å²) in [6, 6.07) is 18.6. The molecule has 1 amide bonds. The summed E-state index contributed by atoms with van der Waals surface area (Å²) in [5.74, 6) is -0.548. The summed E-state index contributed by atoms with van der Waals surface area (Å²) in [6.45, 7) is 0.570. The third-order valence-corrected chi connectivity index (χ3v) is 4.90. The Kier molecular flexibility index (Phi) is 5.66. The van der Waals surface area contributed by atoms with Gasteiger partial charge in [-0.15, -0.1) is 0 Å². The predicted molar refractivity (Wildman–Crippen MR) is 117 cm³/mol. The van der Waals surface area contributed by atoms with E-state index in [2.05, 4.69) is 10.5 Å². The summed E-state index contributed by atoms with van der Waals surface area (Å²) in [5, 5.41) is 15.0. The van der Waals surface area contributed by atoms with Crippen molar-refractivity contribution in [3.63, 3.8) is 0 Å². The van der Waals surface area contributed by atoms with Gasteiger partial charge in [0.25, 0.3) is 5.91 Å². The minimum absolute atomic E-state index is 0.0942. The number of rotatable bonds is 6. The Hall–Kier alpha value is -4.13. The van der Waals surface area contributed by atoms with Crippen LogP contribution in [0.25, 0.3) is 10.9 Å². The molecule has 0 fully saturated rings. The molecule has 0 atom stereocenters. The van der Waals surface area contributed by atoms with Gasteiger partial charge in [0.2, 0.25) is 0 Å². The highest BCUT2D eigenvalue weighted by molar-refractivity contribution is 6.01. The first kappa shape index (κ1) is 20.2. The summed E-state index contributed by atoms with van der Waals surface area (Å²) in [4.78, 5) is 12.3. The molecular formula is C24H20FN3O3. The fraction of sp³-hybridized carbons (Fsp3) is 0.0833. The van der Waals surface area contributed by atoms with Gasteiger partial charge >= 0.3 is 0 Å². The first-order valence-electron chi connectivity index (χ1n) is 9.58. The molecule has 0 unspecified atom stereocenters. The van der Waals surface area contributed by atoms with Crippen molar-refractivity contribution in [2.45, 2.75) is 6.54 Å². The first-order chi connectivity index (χ1) is 15.0. The molecule has 0 bridgehead atoms. The number of phenols is 1. The zero-order valence-corrected chi connectivity index (χ0v) is 16.7. The number of hydrogen-bond acceptors (Lipinski definition) is 4. The number of nitrogens with one attached hydrogen (secondary N) is 1. The van der Waals surface area contributed by atoms with E-state index < -0.39 is 5.91 Å². The molecule has 7 heteroatoms. The molecule has 4 rings (SSSR count). The summed E-state index contributed by atoms with van der Waals surface area (Å²) in [7, 11) is 1.48. The van der Waals surface area contributed by atoms with Gasteiger partial charge in [0, 0.05) is 35.3 Å². The lowest BCUT2D eigenvalue weighted by Gasteiger charge is -2.05. The minimum Gasteiger partial charge on any atom is -0.507 e. The molecule has 6 nitrogen and oxygen atoms in total. The van der Waals surface area contributed by atoms with E-state index in [1.807, 2.05) is 35.0 Å². The van der Waals surface area contributed by atoms with Crippen LogP contribution in [0.15, 0.2) is 78.0 Å². The Balaban J connectivity index is 1.55. The van der Waals surface area contributed by atoms with Crippen molar-refractivity contribution in [3.8, 4) is 11.5 Å². The number of fused-ring (bicyclic) bond motifs is 1. The second-order valence-corrected chi connectivity index (χ2v) is 6.94. The fourth-order valence-corrected chi connectivity index (χ4v) is 3.35. The zero-order chi connectivity index (χ0) is 21.8. The second-order valence-electron chi connectivity index (χ2n) is 6.94. The van der Waals surface area contributed by atoms with Crippen LogP contribution in [-0.4, -0.2) is 28.9 Å². The molecule has 0 saturated carbocycles. The van der Waals surface area contributed by atoms with Crippen LogP contribution in [0.5, 0.6) is 11.5 Å². The number of benzene rings is 3. The predicted octanol–water partition coefficient (Wildman–Crippen LogP) is 4.31. The number of aromatic hydroxyl groups is 1. The van der Waals surface area contributed by atoms with Crippen molar-refractivity contribution >= 4 is 23.0 Å². The van der Waals surface area contributed by atoms with Crippen molar-refractivity contribution in [3.05, 3.63) is 95.4 Å². The Bertz CT molecular complexity index is 1260. The molecule has 1 aromatic heterocycles. The van der Waals surface area contributed by atoms with E-state index in [9.17, 15) is 14.3 Å². The van der Waals surface area contributed by atoms with E-state index in [1.54, 1.807) is 24.4 Å². The van der Waals surface area contributed by atoms with Gasteiger partial charge in [0.15, 0.2) is 0 Å². The topological polar surface area (TPSA) is 75.8 Å². The summed E-state index contributed by atoms with van der Waals surface area (Å²) < 4.78 is 20.3. The van der Waals surface area contributed by atoms with Crippen LogP contribution in [0.1, 0.15) is 21.5 Å². The molecule has 0 aliphatic rings. The van der Waals surface area contributed by atoms with Crippen molar-refractivity contribution in [2.24, 2.45) is 5.10 Å². The summed E-state index contributed by atoms with van der Waals surface area (Å²) in [5.41, 5.74) is 5.30. The highest BCUT2D eigenvalue weighted by Crippen LogP contribution is 2.24. The van der Waals surface area contributed by atoms with Gasteiger partial charge in [-0.05, 0) is 35.9 Å². The van der Waals surface area contributed by atoms with Gasteiger partial charge in [-0.1, -0.05) is 30.3 Å². The number of phenolic OH excluding ortho intramolecular Hbond substituents is 1. The largest absolute Gasteiger partial charge is 0.507 e. The Morgan fingerprint density at radius 1 is 1.16 bits per heavy atom. The van der Waals surface area contributed by atoms with Crippen LogP contribution in [-0.2, 0) is 6.54 Å². The fourth-order valence-electron chi connectivity index (χ4n) is 3.35. The third-order valence-electron chi connectivity index (χ3n) is 4.90. The van der Waals surface area contributed by atoms with E-state index in [0.717, 1.165) is 22.0 Å². The van der Waals surface area contributed by atoms with Gasteiger partial charge < -0.3 is 14.4 Å². The van der Waals surface area contributed by atoms with E-state index in [-0.39, 0.29) is 17.1 Å². The van der Waals surface area contributed by atoms with Gasteiger partial charge in [0.1, 0.15) is 17.3 Å². The molecule has 4 aromatic rings. The summed E-state index contributed by atoms with van der Waals surface area (Å²) in [6.07, 6.45) is 3.48. The lowest BCUT2D eigenvalue weighted by molar-refractivity contribution is 0.0952. The Morgan fingerprint density at radius 3 is 2.68 bits per heavy atom. The van der Waals surface area contributed by atoms with E-state index in [0.29, 0.717) is 12.3 Å². The molecule has 0 aliphatic heterocycles. The number of ether oxygens (including phenoxy) is 1. The lowest BCUT2D eigenvalue weighted by Crippen LogP contribution is -2.17. The molecule has 2 N–H and O–H groups in total. The highest BCUT2D eigenvalue weighted by Gasteiger charge is 2.12. The number of halogens is 1. The number of hydrogen-bond donors (Lipinski definition) is 2. The van der Waals surface area contributed by atoms with Crippen LogP contribution < -0.4 is 10.2 Å². The van der Waals surface area contributed by atoms with Crippen molar-refractivity contribution < 1.29 is 19.0 Å². The number of carbonyl (C=O) groups excluding carboxylic acids is 1. The number of hydrazone groups is 1. The van der Waals surface area contributed by atoms with E-state index >= 15 is 0 Å². The maximum absolute atomic E-state index is 13.2. The highest BCUT2D eigenvalue weighted by atomic mass is 19.1. The van der Waals surface area contributed by atoms with Crippen LogP contribution >= 0.6 is 0 Å². The van der Waals surface area contributed by atoms with Crippen LogP contribution in [0.2, 0.25) is 0 Å². The van der Waals surface area contributed by atoms with E-state index in [1.165, 1.54) is 31.4 Å². The first-order valence-corrected chi connectivity index (χ1v) is 9.58. The van der Waals surface area contributed by atoms with Crippen LogP contribution in [0, 0.1) is 5.82 Å². The van der Waals surface area contributed by atoms with Gasteiger partial charge in [-0.25, -0.2) is 9.82 Å². The second kappa shape index (κ2) is 8.71.